The lowest BCUT2D eigenvalue weighted by Crippen LogP contribution is -2.20. The Labute approximate surface area is 174 Å². The Bertz CT molecular complexity index is 920. The second-order valence-corrected chi connectivity index (χ2v) is 5.90. The van der Waals surface area contributed by atoms with Crippen LogP contribution in [0.5, 0.6) is 11.5 Å². The summed E-state index contributed by atoms with van der Waals surface area (Å²) in [6, 6.07) is 11.3. The number of amides is 1. The molecule has 8 heteroatoms. The van der Waals surface area contributed by atoms with Gasteiger partial charge in [0.15, 0.2) is 18.1 Å². The number of hydrogen-bond donors (Lipinski definition) is 1. The van der Waals surface area contributed by atoms with Gasteiger partial charge in [-0.3, -0.25) is 4.79 Å². The van der Waals surface area contributed by atoms with E-state index >= 15 is 0 Å². The molecule has 1 N–H and O–H groups in total. The van der Waals surface area contributed by atoms with Crippen LogP contribution < -0.4 is 14.8 Å². The minimum Gasteiger partial charge on any atom is -0.493 e. The van der Waals surface area contributed by atoms with Gasteiger partial charge in [-0.05, 0) is 55.0 Å². The number of ether oxygens (including phenoxy) is 4. The van der Waals surface area contributed by atoms with Gasteiger partial charge in [-0.25, -0.2) is 9.59 Å². The molecule has 0 aliphatic carbocycles. The van der Waals surface area contributed by atoms with E-state index in [0.29, 0.717) is 34.9 Å². The first-order valence-electron chi connectivity index (χ1n) is 9.10. The van der Waals surface area contributed by atoms with Crippen LogP contribution in [0.4, 0.5) is 5.69 Å². The summed E-state index contributed by atoms with van der Waals surface area (Å²) in [5.74, 6) is -0.495. The highest BCUT2D eigenvalue weighted by atomic mass is 16.5. The van der Waals surface area contributed by atoms with Crippen molar-refractivity contribution in [3.63, 3.8) is 0 Å². The lowest BCUT2D eigenvalue weighted by atomic mass is 10.2. The van der Waals surface area contributed by atoms with E-state index < -0.39 is 24.5 Å². The van der Waals surface area contributed by atoms with Crippen LogP contribution in [0.25, 0.3) is 6.08 Å². The van der Waals surface area contributed by atoms with Crippen molar-refractivity contribution < 1.29 is 33.3 Å². The number of carbonyl (C=O) groups excluding carboxylic acids is 3. The molecule has 30 heavy (non-hydrogen) atoms. The second-order valence-electron chi connectivity index (χ2n) is 5.90. The monoisotopic (exact) mass is 413 g/mol. The molecule has 0 spiro atoms. The van der Waals surface area contributed by atoms with Gasteiger partial charge in [0.1, 0.15) is 0 Å². The van der Waals surface area contributed by atoms with Crippen molar-refractivity contribution in [1.82, 2.24) is 0 Å². The molecule has 0 radical (unpaired) electrons. The average Bonchev–Trinajstić information content (AvgIpc) is 2.76. The molecular formula is C22H23NO7. The fourth-order valence-corrected chi connectivity index (χ4v) is 2.42. The van der Waals surface area contributed by atoms with Crippen molar-refractivity contribution in [3.05, 3.63) is 59.7 Å². The van der Waals surface area contributed by atoms with Gasteiger partial charge in [0.25, 0.3) is 5.91 Å². The molecule has 2 aromatic rings. The summed E-state index contributed by atoms with van der Waals surface area (Å²) in [6.45, 7) is 1.89. The molecule has 0 aromatic heterocycles. The molecule has 2 aromatic carbocycles. The van der Waals surface area contributed by atoms with E-state index in [2.05, 4.69) is 10.1 Å². The molecule has 158 valence electrons. The Morgan fingerprint density at radius 1 is 1.00 bits per heavy atom. The first-order chi connectivity index (χ1) is 14.5. The average molecular weight is 413 g/mol. The third-order valence-corrected chi connectivity index (χ3v) is 3.83. The number of carbonyl (C=O) groups is 3. The molecule has 0 fully saturated rings. The lowest BCUT2D eigenvalue weighted by Gasteiger charge is -2.09. The van der Waals surface area contributed by atoms with E-state index in [4.69, 9.17) is 14.2 Å². The van der Waals surface area contributed by atoms with Gasteiger partial charge in [0.2, 0.25) is 0 Å². The molecule has 0 atom stereocenters. The SMILES string of the molecule is CCOc1cc(/C=C/C(=O)OCC(=O)Nc2ccc(C(=O)OC)cc2)ccc1OC. The maximum absolute atomic E-state index is 11.9. The van der Waals surface area contributed by atoms with Crippen molar-refractivity contribution in [3.8, 4) is 11.5 Å². The predicted molar refractivity (Wildman–Crippen MR) is 111 cm³/mol. The van der Waals surface area contributed by atoms with Crippen LogP contribution in [0.3, 0.4) is 0 Å². The first kappa shape index (κ1) is 22.5. The van der Waals surface area contributed by atoms with Crippen molar-refractivity contribution in [1.29, 1.82) is 0 Å². The van der Waals surface area contributed by atoms with Gasteiger partial charge in [-0.1, -0.05) is 6.07 Å². The smallest absolute Gasteiger partial charge is 0.337 e. The molecule has 8 nitrogen and oxygen atoms in total. The largest absolute Gasteiger partial charge is 0.493 e. The van der Waals surface area contributed by atoms with E-state index in [1.165, 1.54) is 25.3 Å². The number of rotatable bonds is 9. The normalized spacial score (nSPS) is 10.4. The standard InChI is InChI=1S/C22H23NO7/c1-4-29-19-13-15(5-11-18(19)27-2)6-12-21(25)30-14-20(24)23-17-9-7-16(8-10-17)22(26)28-3/h5-13H,4,14H2,1-3H3,(H,23,24)/b12-6+. The van der Waals surface area contributed by atoms with E-state index in [9.17, 15) is 14.4 Å². The summed E-state index contributed by atoms with van der Waals surface area (Å²) in [4.78, 5) is 35.2. The summed E-state index contributed by atoms with van der Waals surface area (Å²) in [5.41, 5.74) is 1.53. The molecule has 1 amide bonds. The van der Waals surface area contributed by atoms with E-state index in [0.717, 1.165) is 0 Å². The highest BCUT2D eigenvalue weighted by Gasteiger charge is 2.09. The highest BCUT2D eigenvalue weighted by Crippen LogP contribution is 2.28. The molecule has 0 aliphatic rings. The number of nitrogens with one attached hydrogen (secondary N) is 1. The number of benzene rings is 2. The van der Waals surface area contributed by atoms with Crippen LogP contribution in [-0.2, 0) is 19.1 Å². The minimum atomic E-state index is -0.667. The predicted octanol–water partition coefficient (Wildman–Crippen LogP) is 3.08. The number of hydrogen-bond acceptors (Lipinski definition) is 7. The van der Waals surface area contributed by atoms with Crippen molar-refractivity contribution >= 4 is 29.6 Å². The van der Waals surface area contributed by atoms with Gasteiger partial charge in [0.05, 0.1) is 26.4 Å². The summed E-state index contributed by atoms with van der Waals surface area (Å²) >= 11 is 0. The maximum atomic E-state index is 11.9. The van der Waals surface area contributed by atoms with Crippen molar-refractivity contribution in [2.75, 3.05) is 32.8 Å². The fraction of sp³-hybridized carbons (Fsp3) is 0.227. The zero-order valence-electron chi connectivity index (χ0n) is 17.0. The van der Waals surface area contributed by atoms with E-state index in [1.807, 2.05) is 6.92 Å². The van der Waals surface area contributed by atoms with Gasteiger partial charge in [0, 0.05) is 11.8 Å². The van der Waals surface area contributed by atoms with Gasteiger partial charge in [-0.2, -0.15) is 0 Å². The maximum Gasteiger partial charge on any atom is 0.337 e. The van der Waals surface area contributed by atoms with Crippen LogP contribution in [0.1, 0.15) is 22.8 Å². The molecule has 0 saturated heterocycles. The summed E-state index contributed by atoms with van der Waals surface area (Å²) in [6.07, 6.45) is 2.77. The molecule has 2 rings (SSSR count). The van der Waals surface area contributed by atoms with Crippen LogP contribution in [0, 0.1) is 0 Å². The molecule has 0 aliphatic heterocycles. The van der Waals surface area contributed by atoms with Crippen molar-refractivity contribution in [2.24, 2.45) is 0 Å². The van der Waals surface area contributed by atoms with Crippen LogP contribution in [0.15, 0.2) is 48.5 Å². The summed E-state index contributed by atoms with van der Waals surface area (Å²) < 4.78 is 20.2. The number of methoxy groups -OCH3 is 2. The number of esters is 2. The Hall–Kier alpha value is -3.81. The second kappa shape index (κ2) is 11.3. The Morgan fingerprint density at radius 3 is 2.37 bits per heavy atom. The zero-order valence-corrected chi connectivity index (χ0v) is 17.0. The zero-order chi connectivity index (χ0) is 21.9. The summed E-state index contributed by atoms with van der Waals surface area (Å²) in [7, 11) is 2.83. The lowest BCUT2D eigenvalue weighted by molar-refractivity contribution is -0.142. The van der Waals surface area contributed by atoms with Crippen molar-refractivity contribution in [2.45, 2.75) is 6.92 Å². The third-order valence-electron chi connectivity index (χ3n) is 3.83. The minimum absolute atomic E-state index is 0.359. The molecule has 0 heterocycles. The van der Waals surface area contributed by atoms with Gasteiger partial charge < -0.3 is 24.3 Å². The topological polar surface area (TPSA) is 100 Å². The Balaban J connectivity index is 1.86. The Kier molecular flexibility index (Phi) is 8.43. The quantitative estimate of drug-likeness (QED) is 0.498. The molecule has 0 saturated carbocycles. The van der Waals surface area contributed by atoms with Crippen LogP contribution in [0.2, 0.25) is 0 Å². The van der Waals surface area contributed by atoms with Crippen LogP contribution in [-0.4, -0.2) is 45.3 Å². The van der Waals surface area contributed by atoms with Gasteiger partial charge in [-0.15, -0.1) is 0 Å². The van der Waals surface area contributed by atoms with Gasteiger partial charge >= 0.3 is 11.9 Å². The highest BCUT2D eigenvalue weighted by molar-refractivity contribution is 5.95. The number of anilines is 1. The molecule has 0 unspecified atom stereocenters. The molecular weight excluding hydrogens is 390 g/mol. The summed E-state index contributed by atoms with van der Waals surface area (Å²) in [5, 5.41) is 2.57. The fourth-order valence-electron chi connectivity index (χ4n) is 2.42. The molecule has 0 bridgehead atoms. The van der Waals surface area contributed by atoms with Crippen LogP contribution >= 0.6 is 0 Å². The van der Waals surface area contributed by atoms with E-state index in [1.54, 1.807) is 43.5 Å². The first-order valence-corrected chi connectivity index (χ1v) is 9.10. The Morgan fingerprint density at radius 2 is 1.73 bits per heavy atom. The van der Waals surface area contributed by atoms with E-state index in [-0.39, 0.29) is 0 Å². The third kappa shape index (κ3) is 6.66.